The van der Waals surface area contributed by atoms with E-state index < -0.39 is 11.5 Å². The lowest BCUT2D eigenvalue weighted by Gasteiger charge is -2.04. The minimum absolute atomic E-state index is 0.0242. The molecule has 2 aromatic rings. The van der Waals surface area contributed by atoms with Crippen molar-refractivity contribution in [2.45, 2.75) is 6.42 Å². The fraction of sp³-hybridized carbons (Fsp3) is 0.286. The molecule has 1 aromatic carbocycles. The van der Waals surface area contributed by atoms with Gasteiger partial charge >= 0.3 is 5.63 Å². The van der Waals surface area contributed by atoms with Gasteiger partial charge in [-0.2, -0.15) is 0 Å². The normalized spacial score (nSPS) is 10.6. The number of hydrogen-bond acceptors (Lipinski definition) is 4. The molecule has 0 aliphatic heterocycles. The van der Waals surface area contributed by atoms with Crippen molar-refractivity contribution in [3.63, 3.8) is 0 Å². The van der Waals surface area contributed by atoms with Crippen molar-refractivity contribution < 1.29 is 13.9 Å². The highest BCUT2D eigenvalue weighted by Crippen LogP contribution is 2.12. The molecule has 1 N–H and O–H groups in total. The molecule has 0 atom stereocenters. The molecule has 0 bridgehead atoms. The molecule has 0 unspecified atom stereocenters. The van der Waals surface area contributed by atoms with Crippen LogP contribution in [-0.2, 0) is 4.74 Å². The van der Waals surface area contributed by atoms with Gasteiger partial charge in [0.2, 0.25) is 0 Å². The molecule has 0 radical (unpaired) electrons. The average Bonchev–Trinajstić information content (AvgIpc) is 2.42. The summed E-state index contributed by atoms with van der Waals surface area (Å²) >= 11 is 0. The van der Waals surface area contributed by atoms with Gasteiger partial charge in [0.1, 0.15) is 11.1 Å². The Morgan fingerprint density at radius 1 is 1.37 bits per heavy atom. The van der Waals surface area contributed by atoms with E-state index in [1.54, 1.807) is 31.4 Å². The van der Waals surface area contributed by atoms with E-state index in [2.05, 4.69) is 5.32 Å². The van der Waals surface area contributed by atoms with Crippen molar-refractivity contribution in [3.8, 4) is 0 Å². The molecule has 5 nitrogen and oxygen atoms in total. The van der Waals surface area contributed by atoms with Gasteiger partial charge in [-0.05, 0) is 18.6 Å². The fourth-order valence-electron chi connectivity index (χ4n) is 1.73. The lowest BCUT2D eigenvalue weighted by atomic mass is 10.2. The number of fused-ring (bicyclic) bond motifs is 1. The zero-order valence-corrected chi connectivity index (χ0v) is 10.6. The Balaban J connectivity index is 2.17. The number of para-hydroxylation sites is 1. The van der Waals surface area contributed by atoms with Crippen molar-refractivity contribution in [3.05, 3.63) is 46.3 Å². The Hall–Kier alpha value is -2.14. The van der Waals surface area contributed by atoms with Crippen molar-refractivity contribution in [2.24, 2.45) is 0 Å². The lowest BCUT2D eigenvalue weighted by molar-refractivity contribution is 0.0945. The second-order valence-corrected chi connectivity index (χ2v) is 4.09. The number of hydrogen-bond donors (Lipinski definition) is 1. The van der Waals surface area contributed by atoms with Gasteiger partial charge in [0.15, 0.2) is 0 Å². The van der Waals surface area contributed by atoms with Crippen LogP contribution in [0.15, 0.2) is 39.5 Å². The summed E-state index contributed by atoms with van der Waals surface area (Å²) in [6.07, 6.45) is 0.696. The molecule has 0 spiro atoms. The zero-order chi connectivity index (χ0) is 13.7. The van der Waals surface area contributed by atoms with Crippen LogP contribution in [0.4, 0.5) is 0 Å². The number of methoxy groups -OCH3 is 1. The van der Waals surface area contributed by atoms with Crippen molar-refractivity contribution in [1.29, 1.82) is 0 Å². The molecule has 1 heterocycles. The minimum atomic E-state index is -0.622. The quantitative estimate of drug-likeness (QED) is 0.655. The first-order valence-corrected chi connectivity index (χ1v) is 6.02. The summed E-state index contributed by atoms with van der Waals surface area (Å²) in [5.74, 6) is -0.421. The summed E-state index contributed by atoms with van der Waals surface area (Å²) in [6.45, 7) is 1.02. The Kier molecular flexibility index (Phi) is 4.30. The number of carbonyl (C=O) groups excluding carboxylic acids is 1. The number of rotatable bonds is 5. The Morgan fingerprint density at radius 2 is 2.16 bits per heavy atom. The number of carbonyl (C=O) groups is 1. The third-order valence-corrected chi connectivity index (χ3v) is 2.70. The number of amides is 1. The highest BCUT2D eigenvalue weighted by Gasteiger charge is 2.12. The molecule has 0 saturated carbocycles. The van der Waals surface area contributed by atoms with Gasteiger partial charge in [0, 0.05) is 25.6 Å². The summed E-state index contributed by atoms with van der Waals surface area (Å²) in [5, 5.41) is 3.39. The van der Waals surface area contributed by atoms with Crippen LogP contribution in [0.2, 0.25) is 0 Å². The third-order valence-electron chi connectivity index (χ3n) is 2.70. The first-order valence-electron chi connectivity index (χ1n) is 6.02. The van der Waals surface area contributed by atoms with E-state index >= 15 is 0 Å². The summed E-state index contributed by atoms with van der Waals surface area (Å²) in [7, 11) is 1.60. The van der Waals surface area contributed by atoms with E-state index in [0.717, 1.165) is 5.39 Å². The van der Waals surface area contributed by atoms with Crippen molar-refractivity contribution in [1.82, 2.24) is 5.32 Å². The first kappa shape index (κ1) is 13.3. The van der Waals surface area contributed by atoms with E-state index in [-0.39, 0.29) is 5.56 Å². The van der Waals surface area contributed by atoms with Gasteiger partial charge in [0.25, 0.3) is 5.91 Å². The van der Waals surface area contributed by atoms with E-state index in [9.17, 15) is 9.59 Å². The van der Waals surface area contributed by atoms with Gasteiger partial charge in [-0.3, -0.25) is 4.79 Å². The van der Waals surface area contributed by atoms with E-state index in [4.69, 9.17) is 9.15 Å². The van der Waals surface area contributed by atoms with E-state index in [1.165, 1.54) is 0 Å². The van der Waals surface area contributed by atoms with Crippen LogP contribution in [0.1, 0.15) is 16.8 Å². The molecule has 0 saturated heterocycles. The molecule has 1 amide bonds. The Morgan fingerprint density at radius 3 is 2.95 bits per heavy atom. The number of benzene rings is 1. The summed E-state index contributed by atoms with van der Waals surface area (Å²) < 4.78 is 9.98. The smallest absolute Gasteiger partial charge is 0.349 e. The summed E-state index contributed by atoms with van der Waals surface area (Å²) in [6, 6.07) is 8.63. The van der Waals surface area contributed by atoms with Crippen LogP contribution in [-0.4, -0.2) is 26.2 Å². The van der Waals surface area contributed by atoms with Gasteiger partial charge < -0.3 is 14.5 Å². The molecule has 2 rings (SSSR count). The van der Waals surface area contributed by atoms with Crippen molar-refractivity contribution in [2.75, 3.05) is 20.3 Å². The fourth-order valence-corrected chi connectivity index (χ4v) is 1.73. The second-order valence-electron chi connectivity index (χ2n) is 4.09. The van der Waals surface area contributed by atoms with Crippen LogP contribution < -0.4 is 10.9 Å². The maximum Gasteiger partial charge on any atom is 0.349 e. The van der Waals surface area contributed by atoms with E-state index in [1.807, 2.05) is 6.07 Å². The molecule has 100 valence electrons. The molecule has 19 heavy (non-hydrogen) atoms. The molecule has 0 aliphatic carbocycles. The second kappa shape index (κ2) is 6.15. The third kappa shape index (κ3) is 3.20. The van der Waals surface area contributed by atoms with Crippen LogP contribution >= 0.6 is 0 Å². The Labute approximate surface area is 110 Å². The van der Waals surface area contributed by atoms with Gasteiger partial charge in [-0.15, -0.1) is 0 Å². The zero-order valence-electron chi connectivity index (χ0n) is 10.6. The molecule has 0 fully saturated rings. The van der Waals surface area contributed by atoms with Crippen LogP contribution in [0, 0.1) is 0 Å². The molecular formula is C14H15NO4. The van der Waals surface area contributed by atoms with Gasteiger partial charge in [-0.25, -0.2) is 4.79 Å². The predicted molar refractivity (Wildman–Crippen MR) is 71.3 cm³/mol. The highest BCUT2D eigenvalue weighted by atomic mass is 16.5. The molecule has 5 heteroatoms. The molecular weight excluding hydrogens is 246 g/mol. The Bertz CT molecular complexity index is 633. The maximum atomic E-state index is 11.9. The van der Waals surface area contributed by atoms with Crippen molar-refractivity contribution >= 4 is 16.9 Å². The molecule has 1 aromatic heterocycles. The summed E-state index contributed by atoms with van der Waals surface area (Å²) in [4.78, 5) is 23.6. The van der Waals surface area contributed by atoms with Crippen LogP contribution in [0.25, 0.3) is 11.0 Å². The van der Waals surface area contributed by atoms with Gasteiger partial charge in [0.05, 0.1) is 0 Å². The van der Waals surface area contributed by atoms with Crippen LogP contribution in [0.5, 0.6) is 0 Å². The SMILES string of the molecule is COCCCNC(=O)c1cc2ccccc2oc1=O. The van der Waals surface area contributed by atoms with E-state index in [0.29, 0.717) is 25.2 Å². The van der Waals surface area contributed by atoms with Gasteiger partial charge in [-0.1, -0.05) is 18.2 Å². The minimum Gasteiger partial charge on any atom is -0.422 e. The standard InChI is InChI=1S/C14H15NO4/c1-18-8-4-7-15-13(16)11-9-10-5-2-3-6-12(10)19-14(11)17/h2-3,5-6,9H,4,7-8H2,1H3,(H,15,16). The predicted octanol–water partition coefficient (Wildman–Crippen LogP) is 1.56. The number of ether oxygens (including phenoxy) is 1. The topological polar surface area (TPSA) is 68.5 Å². The molecule has 0 aliphatic rings. The highest BCUT2D eigenvalue weighted by molar-refractivity contribution is 5.96. The summed E-state index contributed by atoms with van der Waals surface area (Å²) in [5.41, 5.74) is -0.123. The monoisotopic (exact) mass is 261 g/mol. The first-order chi connectivity index (χ1) is 9.22. The largest absolute Gasteiger partial charge is 0.422 e. The van der Waals surface area contributed by atoms with Crippen LogP contribution in [0.3, 0.4) is 0 Å². The average molecular weight is 261 g/mol. The number of nitrogens with one attached hydrogen (secondary N) is 1. The maximum absolute atomic E-state index is 11.9. The lowest BCUT2D eigenvalue weighted by Crippen LogP contribution is -2.29.